The van der Waals surface area contributed by atoms with Crippen LogP contribution in [-0.2, 0) is 16.0 Å². The molecule has 1 aliphatic heterocycles. The monoisotopic (exact) mass is 472 g/mol. The molecule has 1 aromatic heterocycles. The zero-order valence-electron chi connectivity index (χ0n) is 19.0. The number of aliphatic hydroxyl groups is 2. The summed E-state index contributed by atoms with van der Waals surface area (Å²) in [5.74, 6) is 6.32. The summed E-state index contributed by atoms with van der Waals surface area (Å²) in [7, 11) is 4.03. The number of hydrogen-bond acceptors (Lipinski definition) is 8. The number of rotatable bonds is 9. The van der Waals surface area contributed by atoms with Crippen LogP contribution in [-0.4, -0.2) is 67.3 Å². The van der Waals surface area contributed by atoms with Gasteiger partial charge in [0, 0.05) is 29.0 Å². The smallest absolute Gasteiger partial charge is 0.135 e. The SMILES string of the molecule is CN(C)CCOc1ccc(C2OC(CO)C[C@H](O)[C@@H]2ON)cc1Cc1cc2ccccc2s1. The van der Waals surface area contributed by atoms with Gasteiger partial charge in [0.1, 0.15) is 24.6 Å². The maximum atomic E-state index is 10.5. The van der Waals surface area contributed by atoms with Gasteiger partial charge in [0.15, 0.2) is 0 Å². The quantitative estimate of drug-likeness (QED) is 0.412. The number of hydrogen-bond donors (Lipinski definition) is 3. The summed E-state index contributed by atoms with van der Waals surface area (Å²) < 4.78 is 13.4. The number of likely N-dealkylation sites (N-methyl/N-ethyl adjacent to an activating group) is 1. The van der Waals surface area contributed by atoms with Gasteiger partial charge in [-0.1, -0.05) is 24.3 Å². The molecule has 3 aromatic rings. The molecule has 178 valence electrons. The van der Waals surface area contributed by atoms with E-state index in [9.17, 15) is 10.2 Å². The first-order chi connectivity index (χ1) is 16.0. The van der Waals surface area contributed by atoms with Crippen molar-refractivity contribution in [1.82, 2.24) is 4.90 Å². The summed E-state index contributed by atoms with van der Waals surface area (Å²) in [5.41, 5.74) is 1.86. The molecular formula is C25H32N2O5S. The van der Waals surface area contributed by atoms with Gasteiger partial charge in [-0.05, 0) is 54.9 Å². The lowest BCUT2D eigenvalue weighted by molar-refractivity contribution is -0.199. The van der Waals surface area contributed by atoms with Gasteiger partial charge in [-0.3, -0.25) is 4.84 Å². The summed E-state index contributed by atoms with van der Waals surface area (Å²) in [6.07, 6.45) is -1.63. The Morgan fingerprint density at radius 2 is 2.00 bits per heavy atom. The van der Waals surface area contributed by atoms with E-state index >= 15 is 0 Å². The number of ether oxygens (including phenoxy) is 2. The highest BCUT2D eigenvalue weighted by Crippen LogP contribution is 2.37. The first kappa shape index (κ1) is 24.1. The fourth-order valence-corrected chi connectivity index (χ4v) is 5.29. The van der Waals surface area contributed by atoms with Crippen molar-refractivity contribution in [2.45, 2.75) is 37.3 Å². The van der Waals surface area contributed by atoms with Gasteiger partial charge < -0.3 is 24.6 Å². The minimum Gasteiger partial charge on any atom is -0.492 e. The molecule has 1 saturated heterocycles. The van der Waals surface area contributed by atoms with E-state index in [4.69, 9.17) is 20.2 Å². The van der Waals surface area contributed by atoms with Gasteiger partial charge in [0.2, 0.25) is 0 Å². The third-order valence-electron chi connectivity index (χ3n) is 5.93. The average Bonchev–Trinajstić information content (AvgIpc) is 3.21. The maximum Gasteiger partial charge on any atom is 0.135 e. The fourth-order valence-electron chi connectivity index (χ4n) is 4.20. The predicted molar refractivity (Wildman–Crippen MR) is 130 cm³/mol. The first-order valence-electron chi connectivity index (χ1n) is 11.2. The molecule has 8 heteroatoms. The van der Waals surface area contributed by atoms with E-state index in [1.807, 2.05) is 38.4 Å². The summed E-state index contributed by atoms with van der Waals surface area (Å²) >= 11 is 1.77. The van der Waals surface area contributed by atoms with Gasteiger partial charge in [-0.2, -0.15) is 0 Å². The van der Waals surface area contributed by atoms with Crippen LogP contribution in [0.1, 0.15) is 28.5 Å². The van der Waals surface area contributed by atoms with E-state index < -0.39 is 24.4 Å². The lowest BCUT2D eigenvalue weighted by Crippen LogP contribution is -2.47. The second-order valence-electron chi connectivity index (χ2n) is 8.71. The van der Waals surface area contributed by atoms with Gasteiger partial charge in [0.25, 0.3) is 0 Å². The van der Waals surface area contributed by atoms with Gasteiger partial charge >= 0.3 is 0 Å². The molecule has 0 bridgehead atoms. The first-order valence-corrected chi connectivity index (χ1v) is 12.0. The van der Waals surface area contributed by atoms with E-state index in [0.717, 1.165) is 23.4 Å². The highest BCUT2D eigenvalue weighted by molar-refractivity contribution is 7.19. The van der Waals surface area contributed by atoms with Crippen LogP contribution >= 0.6 is 11.3 Å². The Morgan fingerprint density at radius 3 is 2.73 bits per heavy atom. The third kappa shape index (κ3) is 5.73. The average molecular weight is 473 g/mol. The molecule has 2 aromatic carbocycles. The van der Waals surface area contributed by atoms with Gasteiger partial charge in [0.05, 0.1) is 18.8 Å². The van der Waals surface area contributed by atoms with Gasteiger partial charge in [-0.15, -0.1) is 11.3 Å². The normalized spacial score (nSPS) is 23.3. The summed E-state index contributed by atoms with van der Waals surface area (Å²) in [6, 6.07) is 16.5. The molecule has 7 nitrogen and oxygen atoms in total. The topological polar surface area (TPSA) is 97.4 Å². The molecular weight excluding hydrogens is 440 g/mol. The van der Waals surface area contributed by atoms with E-state index in [0.29, 0.717) is 13.0 Å². The van der Waals surface area contributed by atoms with Crippen LogP contribution in [0.4, 0.5) is 0 Å². The molecule has 0 saturated carbocycles. The van der Waals surface area contributed by atoms with Crippen molar-refractivity contribution in [3.63, 3.8) is 0 Å². The van der Waals surface area contributed by atoms with Crippen LogP contribution in [0.5, 0.6) is 5.75 Å². The molecule has 33 heavy (non-hydrogen) atoms. The Hall–Kier alpha value is -2.04. The molecule has 4 rings (SSSR count). The van der Waals surface area contributed by atoms with Gasteiger partial charge in [-0.25, -0.2) is 5.90 Å². The maximum absolute atomic E-state index is 10.5. The molecule has 4 atom stereocenters. The summed E-state index contributed by atoms with van der Waals surface area (Å²) in [6.45, 7) is 1.21. The van der Waals surface area contributed by atoms with Crippen molar-refractivity contribution in [2.75, 3.05) is 33.9 Å². The van der Waals surface area contributed by atoms with Crippen LogP contribution < -0.4 is 10.6 Å². The standard InChI is InChI=1S/C25H32N2O5S/c1-27(2)9-10-30-22-8-7-17(24-25(32-26)21(29)14-19(15-28)31-24)11-18(22)13-20-12-16-5-3-4-6-23(16)33-20/h3-8,11-12,19,21,24-25,28-29H,9-10,13-15,26H2,1-2H3/t19?,21-,24?,25-/m0/s1. The summed E-state index contributed by atoms with van der Waals surface area (Å²) in [5, 5.41) is 21.3. The minimum absolute atomic E-state index is 0.175. The number of nitrogens with two attached hydrogens (primary N) is 1. The number of thiophene rings is 1. The van der Waals surface area contributed by atoms with E-state index in [1.165, 1.54) is 15.0 Å². The highest BCUT2D eigenvalue weighted by atomic mass is 32.1. The Balaban J connectivity index is 1.65. The number of fused-ring (bicyclic) bond motifs is 1. The lowest BCUT2D eigenvalue weighted by atomic mass is 9.92. The van der Waals surface area contributed by atoms with Crippen LogP contribution in [0, 0.1) is 0 Å². The van der Waals surface area contributed by atoms with Crippen molar-refractivity contribution in [1.29, 1.82) is 0 Å². The number of benzene rings is 2. The summed E-state index contributed by atoms with van der Waals surface area (Å²) in [4.78, 5) is 8.40. The molecule has 0 radical (unpaired) electrons. The van der Waals surface area contributed by atoms with Crippen molar-refractivity contribution in [3.8, 4) is 5.75 Å². The fraction of sp³-hybridized carbons (Fsp3) is 0.440. The van der Waals surface area contributed by atoms with E-state index in [2.05, 4.69) is 29.2 Å². The lowest BCUT2D eigenvalue weighted by Gasteiger charge is -2.38. The molecule has 0 amide bonds. The molecule has 0 aliphatic carbocycles. The Labute approximate surface area is 198 Å². The molecule has 2 heterocycles. The molecule has 2 unspecified atom stereocenters. The molecule has 1 aliphatic rings. The van der Waals surface area contributed by atoms with Crippen LogP contribution in [0.2, 0.25) is 0 Å². The second-order valence-corrected chi connectivity index (χ2v) is 9.88. The van der Waals surface area contributed by atoms with E-state index in [1.54, 1.807) is 11.3 Å². The molecule has 4 N–H and O–H groups in total. The van der Waals surface area contributed by atoms with Crippen molar-refractivity contribution >= 4 is 21.4 Å². The zero-order chi connectivity index (χ0) is 23.4. The largest absolute Gasteiger partial charge is 0.492 e. The number of nitrogens with zero attached hydrogens (tertiary/aromatic N) is 1. The minimum atomic E-state index is -0.826. The highest BCUT2D eigenvalue weighted by Gasteiger charge is 2.39. The zero-order valence-corrected chi connectivity index (χ0v) is 19.8. The Kier molecular flexibility index (Phi) is 7.98. The Morgan fingerprint density at radius 1 is 1.18 bits per heavy atom. The van der Waals surface area contributed by atoms with Crippen LogP contribution in [0.25, 0.3) is 10.1 Å². The molecule has 1 fully saturated rings. The van der Waals surface area contributed by atoms with Crippen molar-refractivity contribution in [2.24, 2.45) is 5.90 Å². The van der Waals surface area contributed by atoms with Crippen molar-refractivity contribution < 1.29 is 24.5 Å². The Bertz CT molecular complexity index is 1020. The third-order valence-corrected chi connectivity index (χ3v) is 7.05. The van der Waals surface area contributed by atoms with Crippen LogP contribution in [0.3, 0.4) is 0 Å². The van der Waals surface area contributed by atoms with E-state index in [-0.39, 0.29) is 13.0 Å². The van der Waals surface area contributed by atoms with Crippen molar-refractivity contribution in [3.05, 3.63) is 64.5 Å². The van der Waals surface area contributed by atoms with Crippen LogP contribution in [0.15, 0.2) is 48.5 Å². The predicted octanol–water partition coefficient (Wildman–Crippen LogP) is 2.87. The second kappa shape index (κ2) is 10.9. The molecule has 0 spiro atoms. The number of aliphatic hydroxyl groups excluding tert-OH is 2.